The van der Waals surface area contributed by atoms with Crippen molar-refractivity contribution >= 4 is 0 Å². The van der Waals surface area contributed by atoms with E-state index in [2.05, 4.69) is 15.3 Å². The van der Waals surface area contributed by atoms with Crippen molar-refractivity contribution in [1.82, 2.24) is 15.3 Å². The number of rotatable bonds is 3. The van der Waals surface area contributed by atoms with Crippen molar-refractivity contribution in [2.45, 2.75) is 32.5 Å². The third-order valence-electron chi connectivity index (χ3n) is 2.75. The number of hydrogen-bond donors (Lipinski definition) is 1. The molecule has 0 aromatic carbocycles. The Morgan fingerprint density at radius 1 is 1.56 bits per heavy atom. The maximum Gasteiger partial charge on any atom is 0.253 e. The highest BCUT2D eigenvalue weighted by molar-refractivity contribution is 5.15. The Balaban J connectivity index is 1.93. The predicted molar refractivity (Wildman–Crippen MR) is 64.0 cm³/mol. The lowest BCUT2D eigenvalue weighted by Gasteiger charge is -2.36. The molecule has 100 valence electrons. The van der Waals surface area contributed by atoms with Gasteiger partial charge in [-0.3, -0.25) is 0 Å². The Bertz CT molecular complexity index is 426. The number of nitrogens with one attached hydrogen (secondary N) is 1. The summed E-state index contributed by atoms with van der Waals surface area (Å²) >= 11 is 0. The van der Waals surface area contributed by atoms with Crippen LogP contribution in [0.1, 0.15) is 19.5 Å². The summed E-state index contributed by atoms with van der Waals surface area (Å²) in [6.45, 7) is 7.33. The van der Waals surface area contributed by atoms with Crippen molar-refractivity contribution in [2.75, 3.05) is 19.7 Å². The van der Waals surface area contributed by atoms with E-state index in [9.17, 15) is 4.39 Å². The van der Waals surface area contributed by atoms with E-state index in [-0.39, 0.29) is 29.9 Å². The van der Waals surface area contributed by atoms with Gasteiger partial charge in [-0.1, -0.05) is 0 Å². The highest BCUT2D eigenvalue weighted by Crippen LogP contribution is 2.18. The topological polar surface area (TPSA) is 56.3 Å². The highest BCUT2D eigenvalue weighted by atomic mass is 19.1. The van der Waals surface area contributed by atoms with Crippen molar-refractivity contribution in [3.05, 3.63) is 17.8 Å². The van der Waals surface area contributed by atoms with Gasteiger partial charge in [0, 0.05) is 13.1 Å². The van der Waals surface area contributed by atoms with Crippen LogP contribution in [0, 0.1) is 12.7 Å². The van der Waals surface area contributed by atoms with Gasteiger partial charge in [-0.2, -0.15) is 9.37 Å². The molecule has 1 aliphatic rings. The van der Waals surface area contributed by atoms with E-state index in [0.29, 0.717) is 6.54 Å². The van der Waals surface area contributed by atoms with E-state index in [1.165, 1.54) is 6.33 Å². The minimum atomic E-state index is -0.513. The number of ether oxygens (including phenoxy) is 2. The van der Waals surface area contributed by atoms with Gasteiger partial charge in [0.05, 0.1) is 11.3 Å². The molecule has 1 aromatic rings. The molecule has 0 saturated carbocycles. The lowest BCUT2D eigenvalue weighted by Crippen LogP contribution is -2.52. The Hall–Kier alpha value is -1.27. The summed E-state index contributed by atoms with van der Waals surface area (Å²) < 4.78 is 24.8. The lowest BCUT2D eigenvalue weighted by atomic mass is 10.1. The van der Waals surface area contributed by atoms with Crippen LogP contribution >= 0.6 is 0 Å². The molecule has 1 saturated heterocycles. The largest absolute Gasteiger partial charge is 0.473 e. The molecule has 2 heterocycles. The summed E-state index contributed by atoms with van der Waals surface area (Å²) in [6, 6.07) is 0. The first-order valence-corrected chi connectivity index (χ1v) is 5.96. The molecule has 1 atom stereocenters. The Morgan fingerprint density at radius 2 is 2.33 bits per heavy atom. The maximum atomic E-state index is 13.6. The lowest BCUT2D eigenvalue weighted by molar-refractivity contribution is -0.107. The summed E-state index contributed by atoms with van der Waals surface area (Å²) in [6.07, 6.45) is 1.18. The average Bonchev–Trinajstić information content (AvgIpc) is 2.30. The summed E-state index contributed by atoms with van der Waals surface area (Å²) in [4.78, 5) is 7.52. The molecule has 1 aromatic heterocycles. The summed E-state index contributed by atoms with van der Waals surface area (Å²) in [5.74, 6) is -0.532. The Kier molecular flexibility index (Phi) is 3.77. The zero-order chi connectivity index (χ0) is 13.2. The number of halogens is 1. The first-order chi connectivity index (χ1) is 8.48. The van der Waals surface area contributed by atoms with Crippen LogP contribution in [-0.2, 0) is 4.74 Å². The van der Waals surface area contributed by atoms with E-state index in [1.54, 1.807) is 6.92 Å². The molecule has 18 heavy (non-hydrogen) atoms. The van der Waals surface area contributed by atoms with Gasteiger partial charge in [-0.05, 0) is 20.8 Å². The third kappa shape index (κ3) is 3.14. The third-order valence-corrected chi connectivity index (χ3v) is 2.75. The minimum Gasteiger partial charge on any atom is -0.473 e. The first kappa shape index (κ1) is 13.2. The second-order valence-electron chi connectivity index (χ2n) is 5.02. The molecule has 0 spiro atoms. The number of hydrogen-bond acceptors (Lipinski definition) is 5. The van der Waals surface area contributed by atoms with Gasteiger partial charge in [0.2, 0.25) is 5.82 Å². The van der Waals surface area contributed by atoms with Gasteiger partial charge in [-0.15, -0.1) is 0 Å². The molecule has 1 aliphatic heterocycles. The van der Waals surface area contributed by atoms with Crippen LogP contribution < -0.4 is 10.1 Å². The van der Waals surface area contributed by atoms with E-state index in [0.717, 1.165) is 6.54 Å². The monoisotopic (exact) mass is 255 g/mol. The van der Waals surface area contributed by atoms with Crippen LogP contribution in [0.4, 0.5) is 4.39 Å². The zero-order valence-corrected chi connectivity index (χ0v) is 10.9. The molecule has 1 fully saturated rings. The standard InChI is InChI=1S/C12H18FN3O2/c1-8-10(13)11(16-7-15-8)17-5-9-4-14-6-12(2,3)18-9/h7,9,14H,4-6H2,1-3H3. The number of aryl methyl sites for hydroxylation is 1. The fourth-order valence-corrected chi connectivity index (χ4v) is 1.87. The second kappa shape index (κ2) is 5.16. The molecule has 0 bridgehead atoms. The SMILES string of the molecule is Cc1ncnc(OCC2CNCC(C)(C)O2)c1F. The number of nitrogens with zero attached hydrogens (tertiary/aromatic N) is 2. The minimum absolute atomic E-state index is 0.0190. The van der Waals surface area contributed by atoms with Crippen molar-refractivity contribution < 1.29 is 13.9 Å². The zero-order valence-electron chi connectivity index (χ0n) is 10.9. The molecular weight excluding hydrogens is 237 g/mol. The van der Waals surface area contributed by atoms with E-state index in [1.807, 2.05) is 13.8 Å². The summed E-state index contributed by atoms with van der Waals surface area (Å²) in [7, 11) is 0. The quantitative estimate of drug-likeness (QED) is 0.875. The average molecular weight is 255 g/mol. The molecule has 1 N–H and O–H groups in total. The van der Waals surface area contributed by atoms with Crippen LogP contribution in [0.2, 0.25) is 0 Å². The fraction of sp³-hybridized carbons (Fsp3) is 0.667. The van der Waals surface area contributed by atoms with Gasteiger partial charge in [-0.25, -0.2) is 4.98 Å². The van der Waals surface area contributed by atoms with E-state index < -0.39 is 5.82 Å². The number of morpholine rings is 1. The normalized spacial score (nSPS) is 22.8. The van der Waals surface area contributed by atoms with Gasteiger partial charge in [0.15, 0.2) is 0 Å². The first-order valence-electron chi connectivity index (χ1n) is 5.96. The van der Waals surface area contributed by atoms with Crippen molar-refractivity contribution in [1.29, 1.82) is 0 Å². The molecule has 6 heteroatoms. The van der Waals surface area contributed by atoms with E-state index in [4.69, 9.17) is 9.47 Å². The Morgan fingerprint density at radius 3 is 3.06 bits per heavy atom. The van der Waals surface area contributed by atoms with Gasteiger partial charge < -0.3 is 14.8 Å². The van der Waals surface area contributed by atoms with Gasteiger partial charge >= 0.3 is 0 Å². The fourth-order valence-electron chi connectivity index (χ4n) is 1.87. The van der Waals surface area contributed by atoms with Crippen molar-refractivity contribution in [2.24, 2.45) is 0 Å². The van der Waals surface area contributed by atoms with Crippen LogP contribution in [0.25, 0.3) is 0 Å². The van der Waals surface area contributed by atoms with Crippen LogP contribution in [-0.4, -0.2) is 41.4 Å². The summed E-state index contributed by atoms with van der Waals surface area (Å²) in [5, 5.41) is 3.26. The Labute approximate surface area is 106 Å². The molecule has 0 radical (unpaired) electrons. The molecule has 5 nitrogen and oxygen atoms in total. The molecule has 2 rings (SSSR count). The molecule has 1 unspecified atom stereocenters. The maximum absolute atomic E-state index is 13.6. The highest BCUT2D eigenvalue weighted by Gasteiger charge is 2.28. The van der Waals surface area contributed by atoms with Crippen molar-refractivity contribution in [3.8, 4) is 5.88 Å². The number of aromatic nitrogens is 2. The molecule has 0 amide bonds. The van der Waals surface area contributed by atoms with Gasteiger partial charge in [0.25, 0.3) is 5.88 Å². The van der Waals surface area contributed by atoms with Gasteiger partial charge in [0.1, 0.15) is 19.0 Å². The van der Waals surface area contributed by atoms with Crippen LogP contribution in [0.3, 0.4) is 0 Å². The van der Waals surface area contributed by atoms with Crippen LogP contribution in [0.5, 0.6) is 5.88 Å². The molecular formula is C12H18FN3O2. The second-order valence-corrected chi connectivity index (χ2v) is 5.02. The van der Waals surface area contributed by atoms with E-state index >= 15 is 0 Å². The van der Waals surface area contributed by atoms with Crippen molar-refractivity contribution in [3.63, 3.8) is 0 Å². The van der Waals surface area contributed by atoms with Crippen LogP contribution in [0.15, 0.2) is 6.33 Å². The smallest absolute Gasteiger partial charge is 0.253 e. The summed E-state index contributed by atoms with van der Waals surface area (Å²) in [5.41, 5.74) is 0.0508. The predicted octanol–water partition coefficient (Wildman–Crippen LogP) is 1.07. The molecule has 0 aliphatic carbocycles.